The topological polar surface area (TPSA) is 60.5 Å². The Hall–Kier alpha value is -2.56. The van der Waals surface area contributed by atoms with Crippen LogP contribution in [0.1, 0.15) is 26.5 Å². The summed E-state index contributed by atoms with van der Waals surface area (Å²) in [4.78, 5) is 16.5. The number of aromatic nitrogens is 1. The van der Waals surface area contributed by atoms with Gasteiger partial charge in [-0.1, -0.05) is 18.2 Å². The lowest BCUT2D eigenvalue weighted by atomic mass is 10.1. The van der Waals surface area contributed by atoms with Crippen LogP contribution in [0, 0.1) is 0 Å². The van der Waals surface area contributed by atoms with Crippen LogP contribution >= 0.6 is 0 Å². The summed E-state index contributed by atoms with van der Waals surface area (Å²) in [5.41, 5.74) is 1.51. The Bertz CT molecular complexity index is 703. The number of nitrogens with zero attached hydrogens (tertiary/aromatic N) is 1. The number of hydrogen-bond acceptors (Lipinski definition) is 4. The number of rotatable bonds is 3. The van der Waals surface area contributed by atoms with Crippen molar-refractivity contribution in [2.45, 2.75) is 26.4 Å². The van der Waals surface area contributed by atoms with Gasteiger partial charge in [0.25, 0.3) is 0 Å². The normalized spacial score (nSPS) is 11.6. The third-order valence-corrected chi connectivity index (χ3v) is 2.75. The van der Waals surface area contributed by atoms with E-state index in [0.717, 1.165) is 11.1 Å². The number of amides is 1. The van der Waals surface area contributed by atoms with E-state index in [1.54, 1.807) is 25.5 Å². The Kier molecular flexibility index (Phi) is 4.65. The van der Waals surface area contributed by atoms with Gasteiger partial charge in [0.05, 0.1) is 30.3 Å². The molecule has 5 nitrogen and oxygen atoms in total. The molecule has 0 aliphatic rings. The van der Waals surface area contributed by atoms with E-state index < -0.39 is 11.7 Å². The lowest BCUT2D eigenvalue weighted by molar-refractivity contribution is 0.0636. The van der Waals surface area contributed by atoms with Crippen LogP contribution in [0.3, 0.4) is 0 Å². The van der Waals surface area contributed by atoms with Crippen LogP contribution in [0.25, 0.3) is 17.0 Å². The van der Waals surface area contributed by atoms with Crippen LogP contribution < -0.4 is 5.32 Å². The highest BCUT2D eigenvalue weighted by molar-refractivity contribution is 5.98. The highest BCUT2D eigenvalue weighted by Gasteiger charge is 2.17. The van der Waals surface area contributed by atoms with Gasteiger partial charge in [0.15, 0.2) is 0 Å². The first-order valence-corrected chi connectivity index (χ1v) is 6.98. The molecular weight excluding hydrogens is 280 g/mol. The molecule has 1 N–H and O–H groups in total. The van der Waals surface area contributed by atoms with Crippen LogP contribution in [0.15, 0.2) is 36.6 Å². The molecule has 1 heterocycles. The molecule has 0 saturated carbocycles. The van der Waals surface area contributed by atoms with Crippen LogP contribution in [0.2, 0.25) is 0 Å². The molecule has 0 radical (unpaired) electrons. The second kappa shape index (κ2) is 6.47. The van der Waals surface area contributed by atoms with Gasteiger partial charge in [0.1, 0.15) is 5.60 Å². The number of carbonyl (C=O) groups excluding carboxylic acids is 1. The summed E-state index contributed by atoms with van der Waals surface area (Å²) in [5.74, 6) is 0. The molecule has 0 fully saturated rings. The Labute approximate surface area is 130 Å². The predicted molar refractivity (Wildman–Crippen MR) is 87.6 cm³/mol. The second-order valence-corrected chi connectivity index (χ2v) is 5.78. The predicted octanol–water partition coefficient (Wildman–Crippen LogP) is 4.20. The summed E-state index contributed by atoms with van der Waals surface area (Å²) < 4.78 is 10.2. The lowest BCUT2D eigenvalue weighted by Gasteiger charge is -2.20. The number of fused-ring (bicyclic) bond motifs is 1. The molecule has 1 aromatic carbocycles. The molecule has 0 unspecified atom stereocenters. The van der Waals surface area contributed by atoms with Gasteiger partial charge in [-0.05, 0) is 39.0 Å². The number of anilines is 1. The minimum absolute atomic E-state index is 0.500. The van der Waals surface area contributed by atoms with Gasteiger partial charge in [0, 0.05) is 5.39 Å². The van der Waals surface area contributed by atoms with Crippen molar-refractivity contribution < 1.29 is 14.3 Å². The third kappa shape index (κ3) is 4.22. The lowest BCUT2D eigenvalue weighted by Crippen LogP contribution is -2.27. The molecule has 0 aliphatic heterocycles. The van der Waals surface area contributed by atoms with E-state index in [2.05, 4.69) is 10.3 Å². The highest BCUT2D eigenvalue weighted by Crippen LogP contribution is 2.23. The molecule has 5 heteroatoms. The average molecular weight is 300 g/mol. The van der Waals surface area contributed by atoms with Crippen molar-refractivity contribution in [1.29, 1.82) is 0 Å². The van der Waals surface area contributed by atoms with E-state index in [-0.39, 0.29) is 0 Å². The molecule has 22 heavy (non-hydrogen) atoms. The van der Waals surface area contributed by atoms with Crippen LogP contribution in [0.4, 0.5) is 10.5 Å². The third-order valence-electron chi connectivity index (χ3n) is 2.75. The molecule has 0 spiro atoms. The molecule has 2 aromatic rings. The number of benzene rings is 1. The van der Waals surface area contributed by atoms with Gasteiger partial charge in [0.2, 0.25) is 0 Å². The summed E-state index contributed by atoms with van der Waals surface area (Å²) in [6.07, 6.45) is 2.81. The molecule has 2 rings (SSSR count). The number of carbonyl (C=O) groups is 1. The zero-order valence-corrected chi connectivity index (χ0v) is 13.2. The maximum Gasteiger partial charge on any atom is 0.412 e. The first-order chi connectivity index (χ1) is 10.4. The first-order valence-electron chi connectivity index (χ1n) is 6.98. The fourth-order valence-electron chi connectivity index (χ4n) is 1.91. The number of para-hydroxylation sites is 1. The van der Waals surface area contributed by atoms with E-state index in [4.69, 9.17) is 9.47 Å². The highest BCUT2D eigenvalue weighted by atomic mass is 16.6. The van der Waals surface area contributed by atoms with E-state index in [9.17, 15) is 4.79 Å². The molecule has 0 saturated heterocycles. The summed E-state index contributed by atoms with van der Waals surface area (Å²) in [7, 11) is 1.58. The largest absolute Gasteiger partial charge is 0.504 e. The summed E-state index contributed by atoms with van der Waals surface area (Å²) in [5, 5.41) is 3.68. The number of ether oxygens (including phenoxy) is 2. The molecular formula is C17H20N2O3. The second-order valence-electron chi connectivity index (χ2n) is 5.78. The van der Waals surface area contributed by atoms with Gasteiger partial charge in [-0.2, -0.15) is 0 Å². The minimum Gasteiger partial charge on any atom is -0.504 e. The zero-order chi connectivity index (χ0) is 16.2. The van der Waals surface area contributed by atoms with Crippen molar-refractivity contribution >= 4 is 28.8 Å². The SMILES string of the molecule is COC=Cc1ccc2cccc(NC(=O)OC(C)(C)C)c2n1. The zero-order valence-electron chi connectivity index (χ0n) is 13.2. The Morgan fingerprint density at radius 1 is 1.23 bits per heavy atom. The van der Waals surface area contributed by atoms with E-state index in [1.807, 2.05) is 45.0 Å². The van der Waals surface area contributed by atoms with Gasteiger partial charge in [-0.3, -0.25) is 5.32 Å². The molecule has 1 amide bonds. The van der Waals surface area contributed by atoms with Gasteiger partial charge < -0.3 is 9.47 Å². The maximum absolute atomic E-state index is 11.9. The molecule has 0 bridgehead atoms. The molecule has 0 atom stereocenters. The fraction of sp³-hybridized carbons (Fsp3) is 0.294. The molecule has 1 aromatic heterocycles. The van der Waals surface area contributed by atoms with Crippen molar-refractivity contribution in [2.24, 2.45) is 0 Å². The van der Waals surface area contributed by atoms with Gasteiger partial charge in [-0.25, -0.2) is 9.78 Å². The quantitative estimate of drug-likeness (QED) is 0.863. The Morgan fingerprint density at radius 2 is 2.00 bits per heavy atom. The summed E-state index contributed by atoms with van der Waals surface area (Å²) in [6.45, 7) is 5.46. The molecule has 0 aliphatic carbocycles. The van der Waals surface area contributed by atoms with Crippen molar-refractivity contribution in [1.82, 2.24) is 4.98 Å². The number of methoxy groups -OCH3 is 1. The monoisotopic (exact) mass is 300 g/mol. The van der Waals surface area contributed by atoms with E-state index in [0.29, 0.717) is 11.2 Å². The minimum atomic E-state index is -0.547. The van der Waals surface area contributed by atoms with Crippen molar-refractivity contribution in [2.75, 3.05) is 12.4 Å². The average Bonchev–Trinajstić information content (AvgIpc) is 2.43. The summed E-state index contributed by atoms with van der Waals surface area (Å²) >= 11 is 0. The first kappa shape index (κ1) is 15.8. The maximum atomic E-state index is 11.9. The van der Waals surface area contributed by atoms with Crippen LogP contribution in [0.5, 0.6) is 0 Å². The fourth-order valence-corrected chi connectivity index (χ4v) is 1.91. The summed E-state index contributed by atoms with van der Waals surface area (Å²) in [6, 6.07) is 9.42. The Balaban J connectivity index is 2.32. The van der Waals surface area contributed by atoms with Crippen molar-refractivity contribution in [3.63, 3.8) is 0 Å². The number of hydrogen-bond donors (Lipinski definition) is 1. The number of nitrogens with one attached hydrogen (secondary N) is 1. The van der Waals surface area contributed by atoms with E-state index in [1.165, 1.54) is 0 Å². The van der Waals surface area contributed by atoms with Crippen molar-refractivity contribution in [3.05, 3.63) is 42.3 Å². The Morgan fingerprint density at radius 3 is 2.68 bits per heavy atom. The van der Waals surface area contributed by atoms with Gasteiger partial charge in [-0.15, -0.1) is 0 Å². The van der Waals surface area contributed by atoms with Crippen LogP contribution in [-0.4, -0.2) is 23.8 Å². The number of pyridine rings is 1. The van der Waals surface area contributed by atoms with Crippen LogP contribution in [-0.2, 0) is 9.47 Å². The van der Waals surface area contributed by atoms with E-state index >= 15 is 0 Å². The smallest absolute Gasteiger partial charge is 0.412 e. The van der Waals surface area contributed by atoms with Crippen molar-refractivity contribution in [3.8, 4) is 0 Å². The van der Waals surface area contributed by atoms with Gasteiger partial charge >= 0.3 is 6.09 Å². The standard InChI is InChI=1S/C17H20N2O3/c1-17(2,3)22-16(20)19-14-7-5-6-12-8-9-13(10-11-21-4)18-15(12)14/h5-11H,1-4H3,(H,19,20). The molecule has 116 valence electrons.